The third-order valence-corrected chi connectivity index (χ3v) is 3.64. The van der Waals surface area contributed by atoms with Gasteiger partial charge in [-0.3, -0.25) is 4.98 Å². The first kappa shape index (κ1) is 12.7. The van der Waals surface area contributed by atoms with Crippen molar-refractivity contribution in [2.45, 2.75) is 12.0 Å². The Morgan fingerprint density at radius 1 is 1.37 bits per heavy atom. The summed E-state index contributed by atoms with van der Waals surface area (Å²) in [6, 6.07) is 3.96. The first-order valence-corrected chi connectivity index (χ1v) is 6.78. The number of aromatic nitrogens is 3. The van der Waals surface area contributed by atoms with Crippen LogP contribution in [-0.4, -0.2) is 41.4 Å². The van der Waals surface area contributed by atoms with Gasteiger partial charge in [-0.25, -0.2) is 0 Å². The van der Waals surface area contributed by atoms with Gasteiger partial charge in [0.15, 0.2) is 0 Å². The summed E-state index contributed by atoms with van der Waals surface area (Å²) in [5.41, 5.74) is 0.693. The minimum atomic E-state index is 0.0988. The van der Waals surface area contributed by atoms with Gasteiger partial charge < -0.3 is 14.6 Å². The molecule has 0 saturated carbocycles. The van der Waals surface area contributed by atoms with Gasteiger partial charge in [0.05, 0.1) is 19.1 Å². The number of rotatable bonds is 3. The van der Waals surface area contributed by atoms with E-state index >= 15 is 0 Å². The molecule has 19 heavy (non-hydrogen) atoms. The van der Waals surface area contributed by atoms with Crippen molar-refractivity contribution in [2.24, 2.45) is 0 Å². The molecular formula is C12H13BrN4O2. The van der Waals surface area contributed by atoms with Crippen LogP contribution in [0, 0.1) is 0 Å². The van der Waals surface area contributed by atoms with Crippen molar-refractivity contribution in [1.29, 1.82) is 0 Å². The molecule has 0 aliphatic carbocycles. The topological polar surface area (TPSA) is 73.1 Å². The van der Waals surface area contributed by atoms with E-state index in [0.29, 0.717) is 30.6 Å². The lowest BCUT2D eigenvalue weighted by molar-refractivity contribution is 0.185. The highest BCUT2D eigenvalue weighted by Gasteiger charge is 2.33. The van der Waals surface area contributed by atoms with E-state index in [1.807, 2.05) is 19.2 Å². The molecule has 2 aromatic heterocycles. The van der Waals surface area contributed by atoms with Crippen LogP contribution in [0.3, 0.4) is 0 Å². The number of hydrogen-bond donors (Lipinski definition) is 1. The number of pyridine rings is 1. The second-order valence-corrected chi connectivity index (χ2v) is 5.27. The molecule has 2 unspecified atom stereocenters. The third-order valence-electron chi connectivity index (χ3n) is 3.17. The molecule has 0 amide bonds. The molecular weight excluding hydrogens is 312 g/mol. The van der Waals surface area contributed by atoms with E-state index in [-0.39, 0.29) is 12.0 Å². The molecule has 0 radical (unpaired) electrons. The number of nitrogens with one attached hydrogen (secondary N) is 1. The second kappa shape index (κ2) is 5.36. The summed E-state index contributed by atoms with van der Waals surface area (Å²) in [4.78, 5) is 8.66. The average Bonchev–Trinajstić information content (AvgIpc) is 3.07. The lowest BCUT2D eigenvalue weighted by atomic mass is 10.0. The highest BCUT2D eigenvalue weighted by atomic mass is 79.9. The van der Waals surface area contributed by atoms with Crippen LogP contribution >= 0.6 is 15.9 Å². The van der Waals surface area contributed by atoms with Crippen LogP contribution in [-0.2, 0) is 4.74 Å². The number of nitrogens with zero attached hydrogens (tertiary/aromatic N) is 3. The van der Waals surface area contributed by atoms with Crippen LogP contribution < -0.4 is 5.32 Å². The summed E-state index contributed by atoms with van der Waals surface area (Å²) in [5, 5.41) is 7.18. The molecule has 100 valence electrons. The predicted octanol–water partition coefficient (Wildman–Crippen LogP) is 1.60. The van der Waals surface area contributed by atoms with E-state index in [0.717, 1.165) is 4.47 Å². The molecule has 1 fully saturated rings. The summed E-state index contributed by atoms with van der Waals surface area (Å²) in [6.45, 7) is 1.26. The minimum absolute atomic E-state index is 0.0988. The van der Waals surface area contributed by atoms with Crippen LogP contribution in [0.5, 0.6) is 0 Å². The summed E-state index contributed by atoms with van der Waals surface area (Å²) in [5.74, 6) is 1.20. The largest absolute Gasteiger partial charge is 0.379 e. The second-order valence-electron chi connectivity index (χ2n) is 4.36. The van der Waals surface area contributed by atoms with Gasteiger partial charge in [-0.2, -0.15) is 4.98 Å². The van der Waals surface area contributed by atoms with Crippen molar-refractivity contribution in [3.63, 3.8) is 0 Å². The summed E-state index contributed by atoms with van der Waals surface area (Å²) in [6.07, 6.45) is 1.71. The fourth-order valence-electron chi connectivity index (χ4n) is 2.08. The molecule has 3 rings (SSSR count). The van der Waals surface area contributed by atoms with E-state index in [4.69, 9.17) is 9.26 Å². The fraction of sp³-hybridized carbons (Fsp3) is 0.417. The Morgan fingerprint density at radius 3 is 3.00 bits per heavy atom. The van der Waals surface area contributed by atoms with Gasteiger partial charge in [0.1, 0.15) is 5.69 Å². The van der Waals surface area contributed by atoms with E-state index in [1.165, 1.54) is 0 Å². The van der Waals surface area contributed by atoms with Crippen molar-refractivity contribution in [3.8, 4) is 11.5 Å². The lowest BCUT2D eigenvalue weighted by Crippen LogP contribution is -2.31. The maximum Gasteiger partial charge on any atom is 0.234 e. The van der Waals surface area contributed by atoms with E-state index in [9.17, 15) is 0 Å². The van der Waals surface area contributed by atoms with Crippen LogP contribution in [0.1, 0.15) is 11.8 Å². The van der Waals surface area contributed by atoms with Crippen LogP contribution in [0.4, 0.5) is 0 Å². The molecule has 1 aliphatic rings. The highest BCUT2D eigenvalue weighted by molar-refractivity contribution is 9.10. The standard InChI is InChI=1S/C12H13BrN4O2/c1-14-10-6-18-5-8(10)12-16-11(17-19-12)9-3-2-7(13)4-15-9/h2-4,8,10,14H,5-6H2,1H3. The molecule has 1 saturated heterocycles. The van der Waals surface area contributed by atoms with Crippen molar-refractivity contribution in [3.05, 3.63) is 28.7 Å². The van der Waals surface area contributed by atoms with Gasteiger partial charge >= 0.3 is 0 Å². The zero-order chi connectivity index (χ0) is 13.2. The highest BCUT2D eigenvalue weighted by Crippen LogP contribution is 2.26. The Morgan fingerprint density at radius 2 is 2.26 bits per heavy atom. The Balaban J connectivity index is 1.85. The third kappa shape index (κ3) is 2.54. The van der Waals surface area contributed by atoms with E-state index < -0.39 is 0 Å². The van der Waals surface area contributed by atoms with E-state index in [2.05, 4.69) is 36.4 Å². The lowest BCUT2D eigenvalue weighted by Gasteiger charge is -2.11. The first-order chi connectivity index (χ1) is 9.28. The Bertz CT molecular complexity index is 557. The maximum absolute atomic E-state index is 5.43. The van der Waals surface area contributed by atoms with Crippen LogP contribution in [0.2, 0.25) is 0 Å². The summed E-state index contributed by atoms with van der Waals surface area (Å²) in [7, 11) is 1.90. The number of likely N-dealkylation sites (N-methyl/N-ethyl adjacent to an activating group) is 1. The fourth-order valence-corrected chi connectivity index (χ4v) is 2.31. The van der Waals surface area contributed by atoms with Crippen molar-refractivity contribution in [2.75, 3.05) is 20.3 Å². The van der Waals surface area contributed by atoms with Crippen LogP contribution in [0.15, 0.2) is 27.3 Å². The Labute approximate surface area is 118 Å². The van der Waals surface area contributed by atoms with Crippen molar-refractivity contribution in [1.82, 2.24) is 20.4 Å². The molecule has 7 heteroatoms. The predicted molar refractivity (Wildman–Crippen MR) is 71.6 cm³/mol. The molecule has 0 aromatic carbocycles. The zero-order valence-corrected chi connectivity index (χ0v) is 11.9. The summed E-state index contributed by atoms with van der Waals surface area (Å²) >= 11 is 3.34. The SMILES string of the molecule is CNC1COCC1c1nc(-c2ccc(Br)cn2)no1. The van der Waals surface area contributed by atoms with E-state index in [1.54, 1.807) is 6.20 Å². The Kier molecular flexibility index (Phi) is 3.58. The molecule has 0 bridgehead atoms. The molecule has 1 N–H and O–H groups in total. The minimum Gasteiger partial charge on any atom is -0.379 e. The smallest absolute Gasteiger partial charge is 0.234 e. The van der Waals surface area contributed by atoms with Gasteiger partial charge in [0.25, 0.3) is 0 Å². The Hall–Kier alpha value is -1.31. The van der Waals surface area contributed by atoms with Gasteiger partial charge in [-0.1, -0.05) is 5.16 Å². The number of ether oxygens (including phenoxy) is 1. The molecule has 0 spiro atoms. The molecule has 2 aromatic rings. The normalized spacial score (nSPS) is 22.8. The zero-order valence-electron chi connectivity index (χ0n) is 10.3. The average molecular weight is 325 g/mol. The van der Waals surface area contributed by atoms with Crippen molar-refractivity contribution < 1.29 is 9.26 Å². The first-order valence-electron chi connectivity index (χ1n) is 5.98. The molecule has 3 heterocycles. The van der Waals surface area contributed by atoms with Gasteiger partial charge in [-0.05, 0) is 35.1 Å². The molecule has 1 aliphatic heterocycles. The monoisotopic (exact) mass is 324 g/mol. The quantitative estimate of drug-likeness (QED) is 0.924. The van der Waals surface area contributed by atoms with Crippen molar-refractivity contribution >= 4 is 15.9 Å². The molecule has 6 nitrogen and oxygen atoms in total. The van der Waals surface area contributed by atoms with Gasteiger partial charge in [0, 0.05) is 16.7 Å². The maximum atomic E-state index is 5.43. The van der Waals surface area contributed by atoms with Gasteiger partial charge in [0.2, 0.25) is 11.7 Å². The number of hydrogen-bond acceptors (Lipinski definition) is 6. The summed E-state index contributed by atoms with van der Waals surface area (Å²) < 4.78 is 11.7. The molecule has 2 atom stereocenters. The van der Waals surface area contributed by atoms with Crippen LogP contribution in [0.25, 0.3) is 11.5 Å². The number of halogens is 1. The van der Waals surface area contributed by atoms with Gasteiger partial charge in [-0.15, -0.1) is 0 Å².